The average Bonchev–Trinajstić information content (AvgIpc) is 3.83. The van der Waals surface area contributed by atoms with Crippen molar-refractivity contribution in [3.05, 3.63) is 93.6 Å². The maximum atomic E-state index is 14.4. The van der Waals surface area contributed by atoms with Crippen molar-refractivity contribution in [3.8, 4) is 22.5 Å². The van der Waals surface area contributed by atoms with Crippen molar-refractivity contribution in [2.75, 3.05) is 20.3 Å². The summed E-state index contributed by atoms with van der Waals surface area (Å²) in [5, 5.41) is 8.53. The van der Waals surface area contributed by atoms with Crippen molar-refractivity contribution in [3.63, 3.8) is 0 Å². The lowest BCUT2D eigenvalue weighted by Gasteiger charge is -2.36. The number of nitrogens with one attached hydrogen (secondary N) is 2. The van der Waals surface area contributed by atoms with Crippen LogP contribution in [0.5, 0.6) is 0 Å². The van der Waals surface area contributed by atoms with E-state index in [4.69, 9.17) is 19.4 Å². The Morgan fingerprint density at radius 3 is 2.74 bits per heavy atom. The number of pyridine rings is 1. The zero-order valence-electron chi connectivity index (χ0n) is 33.5. The number of hydrazine groups is 1. The number of hydrogen-bond acceptors (Lipinski definition) is 9. The summed E-state index contributed by atoms with van der Waals surface area (Å²) in [6.07, 6.45) is 5.77. The molecule has 12 heteroatoms. The third-order valence-electron chi connectivity index (χ3n) is 11.9. The second-order valence-electron chi connectivity index (χ2n) is 16.5. The van der Waals surface area contributed by atoms with Gasteiger partial charge in [-0.15, -0.1) is 11.3 Å². The molecule has 0 saturated carbocycles. The summed E-state index contributed by atoms with van der Waals surface area (Å²) in [4.78, 5) is 51.9. The Hall–Kier alpha value is -4.91. The smallest absolute Gasteiger partial charge is 0.324 e. The Balaban J connectivity index is 1.20. The number of nitrogens with zero attached hydrogens (tertiary/aromatic N) is 4. The van der Waals surface area contributed by atoms with Crippen LogP contribution < -0.4 is 10.7 Å². The number of amides is 2. The molecule has 0 radical (unpaired) electrons. The molecule has 2 aliphatic heterocycles. The molecule has 6 bridgehead atoms. The van der Waals surface area contributed by atoms with E-state index in [1.165, 1.54) is 27.5 Å². The van der Waals surface area contributed by atoms with E-state index in [-0.39, 0.29) is 36.9 Å². The molecule has 0 spiro atoms. The molecule has 2 N–H and O–H groups in total. The predicted octanol–water partition coefficient (Wildman–Crippen LogP) is 7.01. The van der Waals surface area contributed by atoms with Gasteiger partial charge in [-0.3, -0.25) is 24.4 Å². The highest BCUT2D eigenvalue weighted by Crippen LogP contribution is 2.42. The largest absolute Gasteiger partial charge is 0.464 e. The SMILES string of the molecule is CCn1c(-c2cccnc2[C@H](C)OC)c2c3cc(ccc31)-c1csc(n1)C[C@H](NC(=O)C1CCc3ccccc3C1)C(=O)N1CCC[C@H](N1)C(=O)OCC(C)(C)C2. The first kappa shape index (κ1) is 38.9. The molecular formula is C45H52N6O5S. The molecule has 5 aromatic rings. The highest BCUT2D eigenvalue weighted by Gasteiger charge is 2.37. The molecular weight excluding hydrogens is 737 g/mol. The van der Waals surface area contributed by atoms with Crippen molar-refractivity contribution in [2.24, 2.45) is 11.3 Å². The van der Waals surface area contributed by atoms with Gasteiger partial charge in [0, 0.05) is 71.6 Å². The standard InChI is InChI=1S/C45H52N6O5S/c1-6-50-38-18-17-30-22-33(38)34(41(50)32-13-9-19-46-40(32)27(2)55-5)24-45(3,4)26-56-44(54)35-14-10-20-51(49-35)43(53)36(23-39-47-37(30)25-57-39)48-42(52)31-16-15-28-11-7-8-12-29(28)21-31/h7-9,11-13,17-19,22,25,27,31,35-36,49H,6,10,14-16,20-21,23-24,26H2,1-5H3,(H,48,52)/t27-,31?,35-,36-/m0/s1. The van der Waals surface area contributed by atoms with Gasteiger partial charge in [-0.2, -0.15) is 0 Å². The Bertz CT molecular complexity index is 2310. The van der Waals surface area contributed by atoms with Gasteiger partial charge in [0.15, 0.2) is 0 Å². The van der Waals surface area contributed by atoms with Gasteiger partial charge in [0.05, 0.1) is 34.8 Å². The number of cyclic esters (lactones) is 1. The molecule has 5 heterocycles. The summed E-state index contributed by atoms with van der Waals surface area (Å²) in [7, 11) is 1.70. The normalized spacial score (nSPS) is 21.7. The summed E-state index contributed by atoms with van der Waals surface area (Å²) in [5.74, 6) is -1.06. The molecule has 3 aromatic heterocycles. The Kier molecular flexibility index (Phi) is 11.0. The van der Waals surface area contributed by atoms with Gasteiger partial charge in [0.2, 0.25) is 5.91 Å². The van der Waals surface area contributed by atoms with Gasteiger partial charge >= 0.3 is 5.97 Å². The molecule has 4 atom stereocenters. The fraction of sp³-hybridized carbons (Fsp3) is 0.444. The van der Waals surface area contributed by atoms with Crippen LogP contribution in [0.25, 0.3) is 33.4 Å². The van der Waals surface area contributed by atoms with Crippen LogP contribution in [0.3, 0.4) is 0 Å². The van der Waals surface area contributed by atoms with Gasteiger partial charge in [-0.25, -0.2) is 10.4 Å². The highest BCUT2D eigenvalue weighted by atomic mass is 32.1. The topological polar surface area (TPSA) is 128 Å². The predicted molar refractivity (Wildman–Crippen MR) is 221 cm³/mol. The maximum Gasteiger partial charge on any atom is 0.324 e. The molecule has 2 aromatic carbocycles. The van der Waals surface area contributed by atoms with Crippen molar-refractivity contribution < 1.29 is 23.9 Å². The number of esters is 1. The molecule has 3 aliphatic rings. The van der Waals surface area contributed by atoms with Gasteiger partial charge in [-0.1, -0.05) is 44.2 Å². The number of carbonyl (C=O) groups is 3. The van der Waals surface area contributed by atoms with Gasteiger partial charge in [0.25, 0.3) is 5.91 Å². The van der Waals surface area contributed by atoms with Crippen LogP contribution in [-0.2, 0) is 56.1 Å². The van der Waals surface area contributed by atoms with E-state index in [2.05, 4.69) is 72.5 Å². The fourth-order valence-electron chi connectivity index (χ4n) is 8.78. The monoisotopic (exact) mass is 788 g/mol. The quantitative estimate of drug-likeness (QED) is 0.176. The lowest BCUT2D eigenvalue weighted by atomic mass is 9.83. The molecule has 298 valence electrons. The first-order chi connectivity index (χ1) is 27.5. The van der Waals surface area contributed by atoms with Crippen LogP contribution in [0, 0.1) is 11.3 Å². The Morgan fingerprint density at radius 1 is 1.11 bits per heavy atom. The first-order valence-electron chi connectivity index (χ1n) is 20.2. The number of benzene rings is 2. The summed E-state index contributed by atoms with van der Waals surface area (Å²) in [5.41, 5.74) is 12.1. The number of rotatable bonds is 6. The summed E-state index contributed by atoms with van der Waals surface area (Å²) in [6, 6.07) is 17.3. The lowest BCUT2D eigenvalue weighted by molar-refractivity contribution is -0.155. The second-order valence-corrected chi connectivity index (χ2v) is 17.4. The summed E-state index contributed by atoms with van der Waals surface area (Å²) >= 11 is 1.49. The van der Waals surface area contributed by atoms with E-state index in [1.54, 1.807) is 7.11 Å². The molecule has 1 saturated heterocycles. The Morgan fingerprint density at radius 2 is 1.93 bits per heavy atom. The average molecular weight is 789 g/mol. The second kappa shape index (κ2) is 16.2. The first-order valence-corrected chi connectivity index (χ1v) is 21.1. The van der Waals surface area contributed by atoms with Crippen molar-refractivity contribution in [2.45, 2.75) is 97.4 Å². The number of fused-ring (bicyclic) bond motifs is 7. The molecule has 11 nitrogen and oxygen atoms in total. The van der Waals surface area contributed by atoms with E-state index >= 15 is 0 Å². The van der Waals surface area contributed by atoms with Crippen molar-refractivity contribution in [1.82, 2.24) is 30.3 Å². The van der Waals surface area contributed by atoms with Crippen molar-refractivity contribution >= 4 is 40.0 Å². The summed E-state index contributed by atoms with van der Waals surface area (Å²) < 4.78 is 14.2. The van der Waals surface area contributed by atoms with Crippen LogP contribution in [0.2, 0.25) is 0 Å². The number of aromatic nitrogens is 3. The minimum absolute atomic E-state index is 0.136. The van der Waals surface area contributed by atoms with E-state index in [9.17, 15) is 14.4 Å². The third kappa shape index (κ3) is 7.87. The number of ether oxygens (including phenoxy) is 2. The molecule has 57 heavy (non-hydrogen) atoms. The van der Waals surface area contributed by atoms with Gasteiger partial charge < -0.3 is 19.4 Å². The van der Waals surface area contributed by atoms with Gasteiger partial charge in [-0.05, 0) is 93.3 Å². The van der Waals surface area contributed by atoms with E-state index in [0.29, 0.717) is 32.2 Å². The molecule has 1 aliphatic carbocycles. The number of thiazole rings is 1. The molecule has 1 unspecified atom stereocenters. The Labute approximate surface area is 338 Å². The molecule has 2 amide bonds. The van der Waals surface area contributed by atoms with Gasteiger partial charge in [0.1, 0.15) is 12.1 Å². The number of carbonyl (C=O) groups excluding carboxylic acids is 3. The van der Waals surface area contributed by atoms with Crippen LogP contribution in [0.4, 0.5) is 0 Å². The van der Waals surface area contributed by atoms with Crippen LogP contribution >= 0.6 is 11.3 Å². The van der Waals surface area contributed by atoms with E-state index in [1.807, 2.05) is 36.7 Å². The van der Waals surface area contributed by atoms with Crippen LogP contribution in [0.15, 0.2) is 66.2 Å². The fourth-order valence-corrected chi connectivity index (χ4v) is 9.63. The van der Waals surface area contributed by atoms with Crippen LogP contribution in [-0.4, -0.2) is 69.7 Å². The number of aryl methyl sites for hydroxylation is 2. The number of methoxy groups -OCH3 is 1. The minimum Gasteiger partial charge on any atom is -0.464 e. The zero-order chi connectivity index (χ0) is 39.8. The summed E-state index contributed by atoms with van der Waals surface area (Å²) in [6.45, 7) is 9.74. The number of hydrogen-bond donors (Lipinski definition) is 2. The van der Waals surface area contributed by atoms with Crippen LogP contribution in [0.1, 0.15) is 80.5 Å². The highest BCUT2D eigenvalue weighted by molar-refractivity contribution is 7.10. The third-order valence-corrected chi connectivity index (χ3v) is 12.7. The molecule has 1 fully saturated rings. The maximum absolute atomic E-state index is 14.4. The lowest BCUT2D eigenvalue weighted by Crippen LogP contribution is -2.61. The van der Waals surface area contributed by atoms with E-state index in [0.717, 1.165) is 69.1 Å². The van der Waals surface area contributed by atoms with Crippen molar-refractivity contribution in [1.29, 1.82) is 0 Å². The van der Waals surface area contributed by atoms with E-state index < -0.39 is 23.5 Å². The molecule has 8 rings (SSSR count). The zero-order valence-corrected chi connectivity index (χ0v) is 34.3. The minimum atomic E-state index is -0.868.